The number of ether oxygens (including phenoxy) is 1. The van der Waals surface area contributed by atoms with Gasteiger partial charge in [0, 0.05) is 10.6 Å². The van der Waals surface area contributed by atoms with E-state index in [9.17, 15) is 24.3 Å². The SMILES string of the molecule is C=C(C)C(=O)OC1C=CC(Cl)=CC1(O)Cl.CC(C)=O.CC(C)=O.O=CC(O)C(O)C(O)C(O)CO. The highest BCUT2D eigenvalue weighted by molar-refractivity contribution is 6.33. The number of hydrogen-bond acceptors (Lipinski definition) is 11. The number of ketones is 2. The number of aliphatic hydroxyl groups excluding tert-OH is 5. The van der Waals surface area contributed by atoms with Crippen LogP contribution in [0, 0.1) is 0 Å². The first-order chi connectivity index (χ1) is 15.8. The highest BCUT2D eigenvalue weighted by atomic mass is 35.5. The number of Topliss-reactive ketones (excluding diaryl/α,β-unsaturated/α-hetero) is 2. The van der Waals surface area contributed by atoms with E-state index in [1.165, 1.54) is 52.8 Å². The molecular formula is C22H34Cl2O11. The molecule has 0 aromatic rings. The Balaban J connectivity index is -0.000000455. The van der Waals surface area contributed by atoms with Gasteiger partial charge in [0.1, 0.15) is 36.0 Å². The summed E-state index contributed by atoms with van der Waals surface area (Å²) in [6.45, 7) is 10.3. The predicted molar refractivity (Wildman–Crippen MR) is 128 cm³/mol. The summed E-state index contributed by atoms with van der Waals surface area (Å²) in [6.07, 6.45) is -3.70. The molecule has 0 spiro atoms. The molecule has 202 valence electrons. The third kappa shape index (κ3) is 20.0. The fourth-order valence-electron chi connectivity index (χ4n) is 1.59. The monoisotopic (exact) mass is 544 g/mol. The van der Waals surface area contributed by atoms with Gasteiger partial charge in [0.15, 0.2) is 17.5 Å². The summed E-state index contributed by atoms with van der Waals surface area (Å²) in [7, 11) is 0. The van der Waals surface area contributed by atoms with Crippen molar-refractivity contribution >= 4 is 47.0 Å². The number of allylic oxidation sites excluding steroid dienone is 2. The van der Waals surface area contributed by atoms with Crippen LogP contribution >= 0.6 is 23.2 Å². The van der Waals surface area contributed by atoms with Gasteiger partial charge in [-0.3, -0.25) is 0 Å². The zero-order valence-corrected chi connectivity index (χ0v) is 21.6. The van der Waals surface area contributed by atoms with E-state index >= 15 is 0 Å². The number of aliphatic hydroxyl groups is 6. The molecule has 1 rings (SSSR count). The Bertz CT molecular complexity index is 743. The van der Waals surface area contributed by atoms with Crippen LogP contribution in [0.25, 0.3) is 0 Å². The molecule has 0 saturated carbocycles. The van der Waals surface area contributed by atoms with E-state index in [0.717, 1.165) is 0 Å². The molecule has 0 fully saturated rings. The zero-order chi connectivity index (χ0) is 28.5. The van der Waals surface area contributed by atoms with Crippen molar-refractivity contribution in [2.45, 2.75) is 70.2 Å². The van der Waals surface area contributed by atoms with Gasteiger partial charge in [-0.2, -0.15) is 0 Å². The zero-order valence-electron chi connectivity index (χ0n) is 20.1. The Morgan fingerprint density at radius 1 is 1.09 bits per heavy atom. The van der Waals surface area contributed by atoms with Crippen molar-refractivity contribution in [1.82, 2.24) is 0 Å². The Morgan fingerprint density at radius 2 is 1.51 bits per heavy atom. The average molecular weight is 545 g/mol. The maximum atomic E-state index is 11.2. The first-order valence-electron chi connectivity index (χ1n) is 9.90. The van der Waals surface area contributed by atoms with Crippen molar-refractivity contribution < 1.29 is 54.6 Å². The molecule has 0 radical (unpaired) electrons. The molecule has 0 aromatic heterocycles. The summed E-state index contributed by atoms with van der Waals surface area (Å²) in [5.41, 5.74) is 0.233. The number of hydrogen-bond donors (Lipinski definition) is 6. The molecular weight excluding hydrogens is 511 g/mol. The lowest BCUT2D eigenvalue weighted by molar-refractivity contribution is -0.147. The Morgan fingerprint density at radius 3 is 1.83 bits per heavy atom. The van der Waals surface area contributed by atoms with Crippen LogP contribution in [0.4, 0.5) is 0 Å². The highest BCUT2D eigenvalue weighted by Crippen LogP contribution is 2.29. The fraction of sp³-hybridized carbons (Fsp3) is 0.545. The summed E-state index contributed by atoms with van der Waals surface area (Å²) in [5, 5.41) is 51.7. The largest absolute Gasteiger partial charge is 0.450 e. The minimum Gasteiger partial charge on any atom is -0.450 e. The second-order valence-corrected chi connectivity index (χ2v) is 8.44. The van der Waals surface area contributed by atoms with Gasteiger partial charge in [-0.05, 0) is 52.8 Å². The van der Waals surface area contributed by atoms with Gasteiger partial charge in [-0.25, -0.2) is 4.79 Å². The quantitative estimate of drug-likeness (QED) is 0.108. The Kier molecular flexibility index (Phi) is 20.7. The number of rotatable bonds is 7. The smallest absolute Gasteiger partial charge is 0.333 e. The molecule has 11 nitrogen and oxygen atoms in total. The molecule has 0 saturated heterocycles. The van der Waals surface area contributed by atoms with Crippen molar-refractivity contribution in [3.8, 4) is 0 Å². The van der Waals surface area contributed by atoms with E-state index in [0.29, 0.717) is 0 Å². The lowest BCUT2D eigenvalue weighted by Gasteiger charge is -2.27. The van der Waals surface area contributed by atoms with Gasteiger partial charge in [-0.1, -0.05) is 29.8 Å². The van der Waals surface area contributed by atoms with Gasteiger partial charge in [0.05, 0.1) is 6.61 Å². The molecule has 1 aliphatic rings. The average Bonchev–Trinajstić information content (AvgIpc) is 2.72. The molecule has 35 heavy (non-hydrogen) atoms. The minimum absolute atomic E-state index is 0.0258. The summed E-state index contributed by atoms with van der Waals surface area (Å²) < 4.78 is 4.91. The molecule has 13 heteroatoms. The van der Waals surface area contributed by atoms with Gasteiger partial charge < -0.3 is 49.8 Å². The fourth-order valence-corrected chi connectivity index (χ4v) is 2.12. The van der Waals surface area contributed by atoms with Crippen LogP contribution in [0.15, 0.2) is 35.4 Å². The lowest BCUT2D eigenvalue weighted by atomic mass is 10.0. The molecule has 6 N–H and O–H groups in total. The topological polar surface area (TPSA) is 199 Å². The molecule has 0 aliphatic heterocycles. The first kappa shape index (κ1) is 37.6. The minimum atomic E-state index is -1.81. The normalized spacial score (nSPS) is 21.4. The van der Waals surface area contributed by atoms with Crippen molar-refractivity contribution in [3.63, 3.8) is 0 Å². The van der Waals surface area contributed by atoms with Crippen LogP contribution in [-0.4, -0.2) is 96.6 Å². The third-order valence-electron chi connectivity index (χ3n) is 3.17. The van der Waals surface area contributed by atoms with Crippen LogP contribution in [-0.2, 0) is 23.9 Å². The number of halogens is 2. The van der Waals surface area contributed by atoms with Crippen LogP contribution in [0.3, 0.4) is 0 Å². The number of carbonyl (C=O) groups excluding carboxylic acids is 4. The van der Waals surface area contributed by atoms with E-state index in [1.54, 1.807) is 0 Å². The maximum Gasteiger partial charge on any atom is 0.333 e. The standard InChI is InChI=1S/C10H10Cl2O3.C6H12O6.2C3H6O/c1-6(2)9(13)15-8-4-3-7(11)5-10(8,12)14;7-1-3(9)5(11)6(12)4(10)2-8;2*1-3(2)4/h3-5,8,14H,1H2,2H3;1,3-6,8-12H,2H2;2*1-2H3. The molecule has 0 heterocycles. The Labute approximate surface area is 213 Å². The van der Waals surface area contributed by atoms with Crippen LogP contribution in [0.1, 0.15) is 34.6 Å². The number of alkyl halides is 1. The van der Waals surface area contributed by atoms with Crippen LogP contribution in [0.5, 0.6) is 0 Å². The van der Waals surface area contributed by atoms with E-state index in [4.69, 9.17) is 53.5 Å². The van der Waals surface area contributed by atoms with E-state index in [2.05, 4.69) is 6.58 Å². The molecule has 6 atom stereocenters. The highest BCUT2D eigenvalue weighted by Gasteiger charge is 2.36. The maximum absolute atomic E-state index is 11.2. The molecule has 0 bridgehead atoms. The van der Waals surface area contributed by atoms with Crippen LogP contribution in [0.2, 0.25) is 0 Å². The van der Waals surface area contributed by atoms with Gasteiger partial charge >= 0.3 is 5.97 Å². The summed E-state index contributed by atoms with van der Waals surface area (Å²) in [4.78, 5) is 40.0. The number of carbonyl (C=O) groups is 4. The molecule has 0 amide bonds. The second kappa shape index (κ2) is 19.3. The van der Waals surface area contributed by atoms with Crippen molar-refractivity contribution in [2.24, 2.45) is 0 Å². The Hall–Kier alpha value is -1.96. The summed E-state index contributed by atoms with van der Waals surface area (Å²) >= 11 is 11.4. The van der Waals surface area contributed by atoms with Gasteiger partial charge in [0.25, 0.3) is 0 Å². The van der Waals surface area contributed by atoms with Crippen LogP contribution < -0.4 is 0 Å². The van der Waals surface area contributed by atoms with Gasteiger partial charge in [0.2, 0.25) is 0 Å². The molecule has 6 unspecified atom stereocenters. The number of aldehydes is 1. The van der Waals surface area contributed by atoms with Crippen molar-refractivity contribution in [3.05, 3.63) is 35.4 Å². The van der Waals surface area contributed by atoms with E-state index in [-0.39, 0.29) is 28.5 Å². The summed E-state index contributed by atoms with van der Waals surface area (Å²) in [6, 6.07) is 0. The molecule has 1 aliphatic carbocycles. The summed E-state index contributed by atoms with van der Waals surface area (Å²) in [5.74, 6) is -0.282. The van der Waals surface area contributed by atoms with Crippen molar-refractivity contribution in [1.29, 1.82) is 0 Å². The van der Waals surface area contributed by atoms with E-state index < -0.39 is 48.2 Å². The van der Waals surface area contributed by atoms with Crippen molar-refractivity contribution in [2.75, 3.05) is 6.61 Å². The number of esters is 1. The molecule has 0 aromatic carbocycles. The van der Waals surface area contributed by atoms with Gasteiger partial charge in [-0.15, -0.1) is 0 Å². The third-order valence-corrected chi connectivity index (χ3v) is 3.73. The second-order valence-electron chi connectivity index (χ2n) is 7.40. The lowest BCUT2D eigenvalue weighted by Crippen LogP contribution is -2.46. The predicted octanol–water partition coefficient (Wildman–Crippen LogP) is -0.0940. The van der Waals surface area contributed by atoms with E-state index in [1.807, 2.05) is 0 Å². The first-order valence-corrected chi connectivity index (χ1v) is 10.7.